The van der Waals surface area contributed by atoms with Crippen LogP contribution in [-0.2, 0) is 4.74 Å². The van der Waals surface area contributed by atoms with Crippen LogP contribution in [0.15, 0.2) is 6.07 Å². The third-order valence-corrected chi connectivity index (χ3v) is 3.30. The van der Waals surface area contributed by atoms with E-state index in [-0.39, 0.29) is 11.9 Å². The van der Waals surface area contributed by atoms with Crippen LogP contribution in [0.25, 0.3) is 0 Å². The van der Waals surface area contributed by atoms with Crippen LogP contribution < -0.4 is 10.1 Å². The fourth-order valence-corrected chi connectivity index (χ4v) is 2.20. The fourth-order valence-electron chi connectivity index (χ4n) is 2.20. The quantitative estimate of drug-likeness (QED) is 0.821. The second-order valence-electron chi connectivity index (χ2n) is 4.35. The molecule has 2 N–H and O–H groups in total. The van der Waals surface area contributed by atoms with Gasteiger partial charge in [-0.2, -0.15) is 0 Å². The summed E-state index contributed by atoms with van der Waals surface area (Å²) in [4.78, 5) is 0. The number of hydrogen-bond donors (Lipinski definition) is 2. The SMILES string of the molecule is COc1cc(C)c(C)c(C2CNCCO2)c1O. The lowest BCUT2D eigenvalue weighted by atomic mass is 9.96. The third-order valence-electron chi connectivity index (χ3n) is 3.30. The first kappa shape index (κ1) is 12.2. The van der Waals surface area contributed by atoms with Gasteiger partial charge in [0.2, 0.25) is 0 Å². The smallest absolute Gasteiger partial charge is 0.163 e. The van der Waals surface area contributed by atoms with E-state index in [1.165, 1.54) is 0 Å². The Morgan fingerprint density at radius 2 is 2.24 bits per heavy atom. The summed E-state index contributed by atoms with van der Waals surface area (Å²) < 4.78 is 10.9. The average molecular weight is 237 g/mol. The van der Waals surface area contributed by atoms with Gasteiger partial charge in [-0.25, -0.2) is 0 Å². The molecule has 1 fully saturated rings. The minimum Gasteiger partial charge on any atom is -0.504 e. The Morgan fingerprint density at radius 1 is 1.47 bits per heavy atom. The van der Waals surface area contributed by atoms with Crippen molar-refractivity contribution in [1.29, 1.82) is 0 Å². The first-order valence-corrected chi connectivity index (χ1v) is 5.84. The molecular formula is C13H19NO3. The van der Waals surface area contributed by atoms with Crippen LogP contribution >= 0.6 is 0 Å². The number of morpholine rings is 1. The van der Waals surface area contributed by atoms with Crippen LogP contribution in [0.3, 0.4) is 0 Å². The van der Waals surface area contributed by atoms with Gasteiger partial charge in [0.05, 0.1) is 19.8 Å². The molecule has 17 heavy (non-hydrogen) atoms. The maximum absolute atomic E-state index is 10.2. The molecule has 0 radical (unpaired) electrons. The maximum Gasteiger partial charge on any atom is 0.163 e. The van der Waals surface area contributed by atoms with Crippen LogP contribution in [0.5, 0.6) is 11.5 Å². The average Bonchev–Trinajstić information content (AvgIpc) is 2.35. The highest BCUT2D eigenvalue weighted by atomic mass is 16.5. The topological polar surface area (TPSA) is 50.7 Å². The largest absolute Gasteiger partial charge is 0.504 e. The standard InChI is InChI=1S/C13H19NO3/c1-8-6-10(16-3)13(15)12(9(8)2)11-7-14-4-5-17-11/h6,11,14-15H,4-5,7H2,1-3H3. The van der Waals surface area contributed by atoms with Gasteiger partial charge in [-0.3, -0.25) is 0 Å². The molecule has 0 spiro atoms. The Balaban J connectivity index is 2.46. The number of hydrogen-bond acceptors (Lipinski definition) is 4. The van der Waals surface area contributed by atoms with Crippen molar-refractivity contribution >= 4 is 0 Å². The van der Waals surface area contributed by atoms with E-state index in [1.807, 2.05) is 19.9 Å². The monoisotopic (exact) mass is 237 g/mol. The van der Waals surface area contributed by atoms with Crippen molar-refractivity contribution in [2.24, 2.45) is 0 Å². The molecule has 94 valence electrons. The number of rotatable bonds is 2. The Labute approximate surface area is 102 Å². The van der Waals surface area contributed by atoms with Gasteiger partial charge in [-0.15, -0.1) is 0 Å². The van der Waals surface area contributed by atoms with Crippen molar-refractivity contribution in [2.75, 3.05) is 26.8 Å². The zero-order valence-electron chi connectivity index (χ0n) is 10.5. The zero-order valence-corrected chi connectivity index (χ0v) is 10.5. The van der Waals surface area contributed by atoms with Crippen LogP contribution in [0.1, 0.15) is 22.8 Å². The van der Waals surface area contributed by atoms with Crippen molar-refractivity contribution in [3.05, 3.63) is 22.8 Å². The molecule has 4 heteroatoms. The van der Waals surface area contributed by atoms with Gasteiger partial charge >= 0.3 is 0 Å². The van der Waals surface area contributed by atoms with Gasteiger partial charge in [0.25, 0.3) is 0 Å². The van der Waals surface area contributed by atoms with E-state index in [2.05, 4.69) is 5.32 Å². The van der Waals surface area contributed by atoms with Crippen molar-refractivity contribution in [1.82, 2.24) is 5.32 Å². The Morgan fingerprint density at radius 3 is 2.82 bits per heavy atom. The second-order valence-corrected chi connectivity index (χ2v) is 4.35. The van der Waals surface area contributed by atoms with Gasteiger partial charge in [-0.1, -0.05) is 0 Å². The predicted molar refractivity (Wildman–Crippen MR) is 65.7 cm³/mol. The lowest BCUT2D eigenvalue weighted by molar-refractivity contribution is 0.0257. The van der Waals surface area contributed by atoms with Crippen LogP contribution in [-0.4, -0.2) is 31.9 Å². The fraction of sp³-hybridized carbons (Fsp3) is 0.538. The summed E-state index contributed by atoms with van der Waals surface area (Å²) in [6, 6.07) is 1.85. The number of ether oxygens (including phenoxy) is 2. The summed E-state index contributed by atoms with van der Waals surface area (Å²) in [7, 11) is 1.56. The minimum atomic E-state index is -0.0995. The Kier molecular flexibility index (Phi) is 3.54. The summed E-state index contributed by atoms with van der Waals surface area (Å²) in [6.45, 7) is 6.26. The number of aromatic hydroxyl groups is 1. The first-order valence-electron chi connectivity index (χ1n) is 5.84. The molecule has 1 unspecified atom stereocenters. The van der Waals surface area contributed by atoms with Crippen molar-refractivity contribution < 1.29 is 14.6 Å². The summed E-state index contributed by atoms with van der Waals surface area (Å²) in [5.41, 5.74) is 3.01. The maximum atomic E-state index is 10.2. The lowest BCUT2D eigenvalue weighted by Gasteiger charge is -2.27. The molecule has 0 aromatic heterocycles. The molecule has 1 aromatic carbocycles. The molecule has 1 aromatic rings. The third kappa shape index (κ3) is 2.23. The van der Waals surface area contributed by atoms with Crippen LogP contribution in [0.2, 0.25) is 0 Å². The molecule has 0 bridgehead atoms. The molecular weight excluding hydrogens is 218 g/mol. The molecule has 1 saturated heterocycles. The molecule has 1 atom stereocenters. The summed E-state index contributed by atoms with van der Waals surface area (Å²) in [5, 5.41) is 13.5. The molecule has 0 amide bonds. The highest BCUT2D eigenvalue weighted by molar-refractivity contribution is 5.54. The van der Waals surface area contributed by atoms with E-state index >= 15 is 0 Å². The second kappa shape index (κ2) is 4.94. The van der Waals surface area contributed by atoms with E-state index in [9.17, 15) is 5.11 Å². The summed E-state index contributed by atoms with van der Waals surface area (Å²) in [5.74, 6) is 0.710. The van der Waals surface area contributed by atoms with Gasteiger partial charge in [0.15, 0.2) is 11.5 Å². The zero-order chi connectivity index (χ0) is 12.4. The highest BCUT2D eigenvalue weighted by Gasteiger charge is 2.24. The minimum absolute atomic E-state index is 0.0995. The van der Waals surface area contributed by atoms with Gasteiger partial charge < -0.3 is 19.9 Å². The molecule has 1 aliphatic rings. The summed E-state index contributed by atoms with van der Waals surface area (Å²) >= 11 is 0. The molecule has 4 nitrogen and oxygen atoms in total. The normalized spacial score (nSPS) is 20.3. The number of phenols is 1. The first-order chi connectivity index (χ1) is 8.15. The van der Waals surface area contributed by atoms with Gasteiger partial charge in [0.1, 0.15) is 0 Å². The van der Waals surface area contributed by atoms with Crippen LogP contribution in [0, 0.1) is 13.8 Å². The molecule has 2 rings (SSSR count). The van der Waals surface area contributed by atoms with Crippen molar-refractivity contribution in [3.8, 4) is 11.5 Å². The van der Waals surface area contributed by atoms with Gasteiger partial charge in [0, 0.05) is 18.7 Å². The van der Waals surface area contributed by atoms with E-state index in [0.29, 0.717) is 12.4 Å². The van der Waals surface area contributed by atoms with Crippen LogP contribution in [0.4, 0.5) is 0 Å². The van der Waals surface area contributed by atoms with Crippen molar-refractivity contribution in [3.63, 3.8) is 0 Å². The number of benzene rings is 1. The van der Waals surface area contributed by atoms with E-state index in [0.717, 1.165) is 29.8 Å². The Bertz CT molecular complexity index is 412. The predicted octanol–water partition coefficient (Wildman–Crippen LogP) is 1.68. The Hall–Kier alpha value is -1.26. The molecule has 1 aliphatic heterocycles. The number of aryl methyl sites for hydroxylation is 1. The molecule has 0 saturated carbocycles. The summed E-state index contributed by atoms with van der Waals surface area (Å²) in [6.07, 6.45) is -0.0995. The molecule has 1 heterocycles. The van der Waals surface area contributed by atoms with Crippen molar-refractivity contribution in [2.45, 2.75) is 20.0 Å². The highest BCUT2D eigenvalue weighted by Crippen LogP contribution is 2.39. The van der Waals surface area contributed by atoms with E-state index in [1.54, 1.807) is 7.11 Å². The van der Waals surface area contributed by atoms with Gasteiger partial charge in [-0.05, 0) is 31.0 Å². The molecule has 0 aliphatic carbocycles. The van der Waals surface area contributed by atoms with E-state index < -0.39 is 0 Å². The lowest BCUT2D eigenvalue weighted by Crippen LogP contribution is -2.33. The number of phenolic OH excluding ortho intramolecular Hbond substituents is 1. The number of nitrogens with one attached hydrogen (secondary N) is 1. The number of methoxy groups -OCH3 is 1. The van der Waals surface area contributed by atoms with E-state index in [4.69, 9.17) is 9.47 Å².